The van der Waals surface area contributed by atoms with Crippen molar-refractivity contribution in [1.29, 1.82) is 0 Å². The normalized spacial score (nSPS) is 14.3. The Balaban J connectivity index is 1.25. The number of nitrogens with one attached hydrogen (secondary N) is 3. The molecule has 0 saturated carbocycles. The number of pyridine rings is 3. The summed E-state index contributed by atoms with van der Waals surface area (Å²) >= 11 is 0. The van der Waals surface area contributed by atoms with Crippen molar-refractivity contribution in [3.8, 4) is 39.5 Å². The summed E-state index contributed by atoms with van der Waals surface area (Å²) in [6.07, 6.45) is 9.24. The molecule has 0 spiro atoms. The zero-order valence-corrected chi connectivity index (χ0v) is 20.4. The second-order valence-corrected chi connectivity index (χ2v) is 9.47. The van der Waals surface area contributed by atoms with Crippen molar-refractivity contribution in [2.75, 3.05) is 13.1 Å². The van der Waals surface area contributed by atoms with Gasteiger partial charge in [0.2, 0.25) is 0 Å². The fraction of sp³-hybridized carbons (Fsp3) is 0.172. The van der Waals surface area contributed by atoms with E-state index in [1.54, 1.807) is 36.9 Å². The average Bonchev–Trinajstić information content (AvgIpc) is 3.58. The summed E-state index contributed by atoms with van der Waals surface area (Å²) in [6, 6.07) is 14.4. The Labute approximate surface area is 217 Å². The molecule has 0 bridgehead atoms. The summed E-state index contributed by atoms with van der Waals surface area (Å²) in [7, 11) is 0. The van der Waals surface area contributed by atoms with E-state index in [0.717, 1.165) is 87.4 Å². The molecule has 1 fully saturated rings. The molecular formula is C29H24FN7O. The predicted octanol–water partition coefficient (Wildman–Crippen LogP) is 5.50. The molecule has 7 rings (SSSR count). The molecule has 38 heavy (non-hydrogen) atoms. The Morgan fingerprint density at radius 1 is 0.868 bits per heavy atom. The highest BCUT2D eigenvalue weighted by molar-refractivity contribution is 6.00. The van der Waals surface area contributed by atoms with Crippen LogP contribution in [0.3, 0.4) is 0 Å². The van der Waals surface area contributed by atoms with Crippen LogP contribution in [0, 0.1) is 5.82 Å². The lowest BCUT2D eigenvalue weighted by atomic mass is 10.0. The van der Waals surface area contributed by atoms with E-state index in [4.69, 9.17) is 4.74 Å². The number of hydrogen-bond acceptors (Lipinski definition) is 6. The highest BCUT2D eigenvalue weighted by Gasteiger charge is 2.17. The molecule has 1 saturated heterocycles. The highest BCUT2D eigenvalue weighted by Crippen LogP contribution is 2.34. The molecule has 0 unspecified atom stereocenters. The molecular weight excluding hydrogens is 481 g/mol. The van der Waals surface area contributed by atoms with Gasteiger partial charge in [0.05, 0.1) is 29.3 Å². The van der Waals surface area contributed by atoms with Gasteiger partial charge in [0, 0.05) is 28.7 Å². The molecule has 8 nitrogen and oxygen atoms in total. The average molecular weight is 506 g/mol. The predicted molar refractivity (Wildman–Crippen MR) is 144 cm³/mol. The van der Waals surface area contributed by atoms with Crippen LogP contribution in [0.15, 0.2) is 73.3 Å². The van der Waals surface area contributed by atoms with Crippen LogP contribution >= 0.6 is 0 Å². The minimum atomic E-state index is -0.264. The number of ether oxygens (including phenoxy) is 1. The lowest BCUT2D eigenvalue weighted by Gasteiger charge is -2.23. The van der Waals surface area contributed by atoms with E-state index in [-0.39, 0.29) is 11.9 Å². The number of rotatable bonds is 5. The van der Waals surface area contributed by atoms with Gasteiger partial charge in [-0.1, -0.05) is 12.1 Å². The maximum Gasteiger partial charge on any atom is 0.138 e. The third kappa shape index (κ3) is 4.16. The van der Waals surface area contributed by atoms with Crippen LogP contribution in [0.1, 0.15) is 12.8 Å². The smallest absolute Gasteiger partial charge is 0.138 e. The number of halogens is 1. The maximum absolute atomic E-state index is 13.5. The Bertz CT molecular complexity index is 1750. The number of hydrogen-bond donors (Lipinski definition) is 3. The molecule has 1 aromatic carbocycles. The number of aromatic amines is 2. The lowest BCUT2D eigenvalue weighted by Crippen LogP contribution is -2.34. The van der Waals surface area contributed by atoms with E-state index in [1.807, 2.05) is 24.3 Å². The van der Waals surface area contributed by atoms with E-state index in [2.05, 4.69) is 35.5 Å². The first kappa shape index (κ1) is 22.6. The highest BCUT2D eigenvalue weighted by atomic mass is 19.1. The van der Waals surface area contributed by atoms with Crippen LogP contribution in [0.25, 0.3) is 55.7 Å². The first-order valence-corrected chi connectivity index (χ1v) is 12.6. The first-order chi connectivity index (χ1) is 18.7. The summed E-state index contributed by atoms with van der Waals surface area (Å²) in [5.41, 5.74) is 6.70. The minimum absolute atomic E-state index is 0.194. The van der Waals surface area contributed by atoms with E-state index >= 15 is 0 Å². The molecule has 6 heterocycles. The number of piperidine rings is 1. The molecule has 1 aliphatic rings. The number of H-pyrrole nitrogens is 2. The van der Waals surface area contributed by atoms with Crippen molar-refractivity contribution in [2.45, 2.75) is 18.9 Å². The van der Waals surface area contributed by atoms with Crippen molar-refractivity contribution in [3.05, 3.63) is 79.1 Å². The molecule has 5 aromatic heterocycles. The van der Waals surface area contributed by atoms with Crippen LogP contribution in [-0.2, 0) is 0 Å². The van der Waals surface area contributed by atoms with Gasteiger partial charge in [0.25, 0.3) is 0 Å². The first-order valence-electron chi connectivity index (χ1n) is 12.6. The second-order valence-electron chi connectivity index (χ2n) is 9.47. The summed E-state index contributed by atoms with van der Waals surface area (Å²) in [5, 5.41) is 12.9. The molecule has 0 atom stereocenters. The fourth-order valence-corrected chi connectivity index (χ4v) is 5.04. The lowest BCUT2D eigenvalue weighted by molar-refractivity contribution is 0.162. The molecule has 9 heteroatoms. The zero-order chi connectivity index (χ0) is 25.5. The molecule has 1 aliphatic heterocycles. The number of aromatic nitrogens is 6. The van der Waals surface area contributed by atoms with E-state index < -0.39 is 0 Å². The Kier molecular flexibility index (Phi) is 5.55. The molecule has 0 aliphatic carbocycles. The number of fused-ring (bicyclic) bond motifs is 2. The summed E-state index contributed by atoms with van der Waals surface area (Å²) < 4.78 is 19.7. The standard InChI is InChI=1S/C29H24FN7O/c30-19-3-1-17(2-4-19)22-7-10-33-29-23(22)12-26(35-29)28-24-13-25(34-16-27(24)36-37-28)18-11-21(15-32-14-18)38-20-5-8-31-9-6-20/h1-4,7,10-16,20,31H,5-6,8-9H2,(H,33,35)(H,36,37). The Morgan fingerprint density at radius 2 is 1.74 bits per heavy atom. The van der Waals surface area contributed by atoms with E-state index in [9.17, 15) is 4.39 Å². The molecule has 188 valence electrons. The molecule has 3 N–H and O–H groups in total. The van der Waals surface area contributed by atoms with Crippen LogP contribution in [0.2, 0.25) is 0 Å². The van der Waals surface area contributed by atoms with Gasteiger partial charge in [-0.3, -0.25) is 15.1 Å². The second kappa shape index (κ2) is 9.35. The summed E-state index contributed by atoms with van der Waals surface area (Å²) in [5.74, 6) is 0.485. The van der Waals surface area contributed by atoms with Gasteiger partial charge < -0.3 is 15.0 Å². The van der Waals surface area contributed by atoms with Crippen LogP contribution < -0.4 is 10.1 Å². The third-order valence-electron chi connectivity index (χ3n) is 6.99. The van der Waals surface area contributed by atoms with Gasteiger partial charge in [-0.05, 0) is 73.5 Å². The van der Waals surface area contributed by atoms with Crippen LogP contribution in [0.4, 0.5) is 4.39 Å². The fourth-order valence-electron chi connectivity index (χ4n) is 5.04. The van der Waals surface area contributed by atoms with Crippen molar-refractivity contribution in [3.63, 3.8) is 0 Å². The van der Waals surface area contributed by atoms with E-state index in [0.29, 0.717) is 0 Å². The van der Waals surface area contributed by atoms with Gasteiger partial charge in [-0.15, -0.1) is 0 Å². The zero-order valence-electron chi connectivity index (χ0n) is 20.4. The monoisotopic (exact) mass is 505 g/mol. The largest absolute Gasteiger partial charge is 0.489 e. The third-order valence-corrected chi connectivity index (χ3v) is 6.99. The summed E-state index contributed by atoms with van der Waals surface area (Å²) in [6.45, 7) is 1.93. The number of benzene rings is 1. The maximum atomic E-state index is 13.5. The van der Waals surface area contributed by atoms with Gasteiger partial charge in [0.15, 0.2) is 0 Å². The molecule has 0 amide bonds. The topological polar surface area (TPSA) is 104 Å². The minimum Gasteiger partial charge on any atom is -0.489 e. The molecule has 0 radical (unpaired) electrons. The molecule has 6 aromatic rings. The SMILES string of the molecule is Fc1ccc(-c2ccnc3[nH]c(-c4n[nH]c5cnc(-c6cncc(OC7CCNCC7)c6)cc45)cc23)cc1. The van der Waals surface area contributed by atoms with Crippen LogP contribution in [0.5, 0.6) is 5.75 Å². The van der Waals surface area contributed by atoms with Crippen molar-refractivity contribution in [2.24, 2.45) is 0 Å². The van der Waals surface area contributed by atoms with E-state index in [1.165, 1.54) is 12.1 Å². The van der Waals surface area contributed by atoms with Crippen molar-refractivity contribution >= 4 is 21.9 Å². The summed E-state index contributed by atoms with van der Waals surface area (Å²) in [4.78, 5) is 17.0. The quantitative estimate of drug-likeness (QED) is 0.286. The van der Waals surface area contributed by atoms with Gasteiger partial charge in [-0.2, -0.15) is 5.10 Å². The van der Waals surface area contributed by atoms with Gasteiger partial charge >= 0.3 is 0 Å². The number of nitrogens with zero attached hydrogens (tertiary/aromatic N) is 4. The van der Waals surface area contributed by atoms with Crippen molar-refractivity contribution < 1.29 is 9.13 Å². The Morgan fingerprint density at radius 3 is 2.61 bits per heavy atom. The van der Waals surface area contributed by atoms with Gasteiger partial charge in [-0.25, -0.2) is 9.37 Å². The van der Waals surface area contributed by atoms with Gasteiger partial charge in [0.1, 0.15) is 29.0 Å². The van der Waals surface area contributed by atoms with Crippen LogP contribution in [-0.4, -0.2) is 49.3 Å². The Hall–Kier alpha value is -4.63. The van der Waals surface area contributed by atoms with Crippen molar-refractivity contribution in [1.82, 2.24) is 35.5 Å².